The van der Waals surface area contributed by atoms with E-state index in [1.165, 1.54) is 17.3 Å². The highest BCUT2D eigenvalue weighted by atomic mass is 32.2. The van der Waals surface area contributed by atoms with E-state index in [0.717, 1.165) is 16.2 Å². The minimum absolute atomic E-state index is 0.0459. The maximum atomic E-state index is 12.7. The molecule has 2 aliphatic heterocycles. The molecule has 4 nitrogen and oxygen atoms in total. The molecule has 0 N–H and O–H groups in total. The van der Waals surface area contributed by atoms with Gasteiger partial charge in [0.25, 0.3) is 5.91 Å². The topological polar surface area (TPSA) is 38.8 Å². The summed E-state index contributed by atoms with van der Waals surface area (Å²) in [4.78, 5) is 16.1. The summed E-state index contributed by atoms with van der Waals surface area (Å²) in [6.45, 7) is 2.71. The number of rotatable bonds is 3. The lowest BCUT2D eigenvalue weighted by Gasteiger charge is -2.14. The van der Waals surface area contributed by atoms with Crippen LogP contribution in [0.1, 0.15) is 16.0 Å². The number of thioether (sulfide) groups is 1. The number of thiophene rings is 1. The van der Waals surface area contributed by atoms with Crippen LogP contribution in [0.25, 0.3) is 6.08 Å². The number of nitrogens with zero attached hydrogens (tertiary/aromatic N) is 1. The summed E-state index contributed by atoms with van der Waals surface area (Å²) in [5.74, 6) is 1.40. The zero-order valence-corrected chi connectivity index (χ0v) is 15.2. The van der Waals surface area contributed by atoms with Crippen LogP contribution in [0.15, 0.2) is 34.6 Å². The molecule has 4 rings (SSSR count). The highest BCUT2D eigenvalue weighted by Crippen LogP contribution is 2.37. The van der Waals surface area contributed by atoms with E-state index in [4.69, 9.17) is 21.7 Å². The van der Waals surface area contributed by atoms with Crippen molar-refractivity contribution in [1.82, 2.24) is 4.90 Å². The van der Waals surface area contributed by atoms with Gasteiger partial charge in [0.1, 0.15) is 4.32 Å². The van der Waals surface area contributed by atoms with Gasteiger partial charge in [0, 0.05) is 4.88 Å². The number of hydrogen-bond donors (Lipinski definition) is 0. The Bertz CT molecular complexity index is 872. The van der Waals surface area contributed by atoms with E-state index in [-0.39, 0.29) is 12.7 Å². The Morgan fingerprint density at radius 3 is 2.92 bits per heavy atom. The van der Waals surface area contributed by atoms with Crippen molar-refractivity contribution in [3.63, 3.8) is 0 Å². The molecule has 1 fully saturated rings. The van der Waals surface area contributed by atoms with E-state index in [9.17, 15) is 4.79 Å². The summed E-state index contributed by atoms with van der Waals surface area (Å²) in [6.07, 6.45) is 1.93. The largest absolute Gasteiger partial charge is 0.454 e. The third kappa shape index (κ3) is 2.83. The van der Waals surface area contributed by atoms with Crippen molar-refractivity contribution in [2.45, 2.75) is 13.5 Å². The van der Waals surface area contributed by atoms with Gasteiger partial charge in [-0.25, -0.2) is 0 Å². The van der Waals surface area contributed by atoms with Gasteiger partial charge >= 0.3 is 0 Å². The molecule has 1 amide bonds. The Morgan fingerprint density at radius 1 is 1.29 bits per heavy atom. The monoisotopic (exact) mass is 375 g/mol. The molecule has 24 heavy (non-hydrogen) atoms. The Labute approximate surface area is 153 Å². The molecule has 7 heteroatoms. The highest BCUT2D eigenvalue weighted by Gasteiger charge is 2.32. The minimum atomic E-state index is -0.0459. The summed E-state index contributed by atoms with van der Waals surface area (Å²) in [6, 6.07) is 7.73. The fourth-order valence-electron chi connectivity index (χ4n) is 2.51. The van der Waals surface area contributed by atoms with E-state index in [2.05, 4.69) is 0 Å². The summed E-state index contributed by atoms with van der Waals surface area (Å²) in [5, 5.41) is 2.02. The second-order valence-corrected chi connectivity index (χ2v) is 8.05. The van der Waals surface area contributed by atoms with E-state index >= 15 is 0 Å². The van der Waals surface area contributed by atoms with Crippen molar-refractivity contribution in [2.24, 2.45) is 0 Å². The SMILES string of the molecule is Cc1ccsc1C=C1SC(=S)N(Cc2ccc3c(c2)OCO3)C1=O. The number of carbonyl (C=O) groups excluding carboxylic acids is 1. The van der Waals surface area contributed by atoms with E-state index in [0.29, 0.717) is 21.5 Å². The summed E-state index contributed by atoms with van der Waals surface area (Å²) < 4.78 is 11.3. The van der Waals surface area contributed by atoms with Crippen LogP contribution in [0.2, 0.25) is 0 Å². The fraction of sp³-hybridized carbons (Fsp3) is 0.176. The first-order valence-corrected chi connectivity index (χ1v) is 9.40. The summed E-state index contributed by atoms with van der Waals surface area (Å²) in [5.41, 5.74) is 2.13. The van der Waals surface area contributed by atoms with Gasteiger partial charge < -0.3 is 9.47 Å². The molecule has 0 aliphatic carbocycles. The van der Waals surface area contributed by atoms with Gasteiger partial charge in [-0.3, -0.25) is 9.69 Å². The predicted octanol–water partition coefficient (Wildman–Crippen LogP) is 4.19. The molecule has 122 valence electrons. The number of amides is 1. The van der Waals surface area contributed by atoms with Crippen LogP contribution >= 0.6 is 35.3 Å². The summed E-state index contributed by atoms with van der Waals surface area (Å²) >= 11 is 8.37. The van der Waals surface area contributed by atoms with Crippen molar-refractivity contribution in [3.05, 3.63) is 50.6 Å². The van der Waals surface area contributed by atoms with E-state index in [1.54, 1.807) is 16.2 Å². The van der Waals surface area contributed by atoms with Crippen LogP contribution in [0.5, 0.6) is 11.5 Å². The lowest BCUT2D eigenvalue weighted by molar-refractivity contribution is -0.122. The van der Waals surface area contributed by atoms with Gasteiger partial charge in [-0.1, -0.05) is 30.0 Å². The molecule has 0 bridgehead atoms. The van der Waals surface area contributed by atoms with Crippen LogP contribution in [0.4, 0.5) is 0 Å². The average molecular weight is 375 g/mol. The number of benzene rings is 1. The molecule has 1 aromatic carbocycles. The number of carbonyl (C=O) groups is 1. The minimum Gasteiger partial charge on any atom is -0.454 e. The normalized spacial score (nSPS) is 18.0. The van der Waals surface area contributed by atoms with E-state index < -0.39 is 0 Å². The van der Waals surface area contributed by atoms with Crippen molar-refractivity contribution < 1.29 is 14.3 Å². The lowest BCUT2D eigenvalue weighted by atomic mass is 10.2. The second kappa shape index (κ2) is 6.23. The first-order valence-electron chi connectivity index (χ1n) is 7.30. The zero-order valence-electron chi connectivity index (χ0n) is 12.8. The zero-order chi connectivity index (χ0) is 16.7. The quantitative estimate of drug-likeness (QED) is 0.594. The smallest absolute Gasteiger partial charge is 0.266 e. The molecule has 0 unspecified atom stereocenters. The first-order chi connectivity index (χ1) is 11.6. The number of thiocarbonyl (C=S) groups is 1. The number of aryl methyl sites for hydroxylation is 1. The second-order valence-electron chi connectivity index (χ2n) is 5.42. The number of ether oxygens (including phenoxy) is 2. The van der Waals surface area contributed by atoms with Crippen LogP contribution in [-0.2, 0) is 11.3 Å². The van der Waals surface area contributed by atoms with Crippen LogP contribution in [-0.4, -0.2) is 21.9 Å². The Morgan fingerprint density at radius 2 is 2.12 bits per heavy atom. The molecule has 3 heterocycles. The fourth-order valence-corrected chi connectivity index (χ4v) is 4.68. The molecular weight excluding hydrogens is 362 g/mol. The number of hydrogen-bond acceptors (Lipinski definition) is 6. The molecule has 0 saturated carbocycles. The Hall–Kier alpha value is -1.83. The van der Waals surface area contributed by atoms with Crippen molar-refractivity contribution in [2.75, 3.05) is 6.79 Å². The lowest BCUT2D eigenvalue weighted by Crippen LogP contribution is -2.27. The van der Waals surface area contributed by atoms with Gasteiger partial charge in [-0.2, -0.15) is 0 Å². The highest BCUT2D eigenvalue weighted by molar-refractivity contribution is 8.26. The van der Waals surface area contributed by atoms with Crippen molar-refractivity contribution in [1.29, 1.82) is 0 Å². The Balaban J connectivity index is 1.56. The maximum absolute atomic E-state index is 12.7. The number of fused-ring (bicyclic) bond motifs is 1. The van der Waals surface area contributed by atoms with Gasteiger partial charge in [0.05, 0.1) is 11.4 Å². The van der Waals surface area contributed by atoms with Crippen LogP contribution < -0.4 is 9.47 Å². The third-order valence-electron chi connectivity index (χ3n) is 3.82. The molecule has 0 atom stereocenters. The molecule has 0 radical (unpaired) electrons. The van der Waals surface area contributed by atoms with Crippen LogP contribution in [0.3, 0.4) is 0 Å². The third-order valence-corrected chi connectivity index (χ3v) is 6.16. The molecule has 0 spiro atoms. The Kier molecular flexibility index (Phi) is 4.07. The maximum Gasteiger partial charge on any atom is 0.266 e. The van der Waals surface area contributed by atoms with Crippen molar-refractivity contribution in [3.8, 4) is 11.5 Å². The molecule has 1 aromatic heterocycles. The average Bonchev–Trinajstić information content (AvgIpc) is 3.25. The molecule has 2 aromatic rings. The molecular formula is C17H13NO3S3. The summed E-state index contributed by atoms with van der Waals surface area (Å²) in [7, 11) is 0. The van der Waals surface area contributed by atoms with Gasteiger partial charge in [0.2, 0.25) is 6.79 Å². The van der Waals surface area contributed by atoms with Gasteiger partial charge in [-0.05, 0) is 47.7 Å². The molecule has 1 saturated heterocycles. The van der Waals surface area contributed by atoms with Crippen molar-refractivity contribution >= 4 is 51.6 Å². The standard InChI is InChI=1S/C17H13NO3S3/c1-10-4-5-23-14(10)7-15-16(19)18(17(22)24-15)8-11-2-3-12-13(6-11)21-9-20-12/h2-7H,8-9H2,1H3. The van der Waals surface area contributed by atoms with E-state index in [1.807, 2.05) is 42.6 Å². The predicted molar refractivity (Wildman–Crippen MR) is 100 cm³/mol. The van der Waals surface area contributed by atoms with Crippen LogP contribution in [0, 0.1) is 6.92 Å². The molecule has 2 aliphatic rings. The van der Waals surface area contributed by atoms with Gasteiger partial charge in [0.15, 0.2) is 11.5 Å². The van der Waals surface area contributed by atoms with Gasteiger partial charge in [-0.15, -0.1) is 11.3 Å². The first kappa shape index (κ1) is 15.7.